The highest BCUT2D eigenvalue weighted by molar-refractivity contribution is 6.10. The second-order valence-corrected chi connectivity index (χ2v) is 11.7. The molecule has 3 aliphatic heterocycles. The number of anilines is 3. The van der Waals surface area contributed by atoms with Crippen molar-refractivity contribution in [3.05, 3.63) is 71.2 Å². The summed E-state index contributed by atoms with van der Waals surface area (Å²) in [7, 11) is 1.62. The number of benzene rings is 1. The number of alkyl halides is 3. The van der Waals surface area contributed by atoms with Gasteiger partial charge in [0.05, 0.1) is 23.5 Å². The molecule has 2 fully saturated rings. The first kappa shape index (κ1) is 29.6. The van der Waals surface area contributed by atoms with Gasteiger partial charge < -0.3 is 19.1 Å². The lowest BCUT2D eigenvalue weighted by Crippen LogP contribution is -2.52. The Balaban J connectivity index is 1.38. The van der Waals surface area contributed by atoms with E-state index in [4.69, 9.17) is 4.42 Å². The number of aryl methyl sites for hydroxylation is 2. The molecule has 2 saturated heterocycles. The van der Waals surface area contributed by atoms with E-state index in [-0.39, 0.29) is 37.1 Å². The highest BCUT2D eigenvalue weighted by atomic mass is 19.4. The largest absolute Gasteiger partial charge is 0.421 e. The molecule has 0 saturated carbocycles. The van der Waals surface area contributed by atoms with E-state index in [1.165, 1.54) is 11.8 Å². The summed E-state index contributed by atoms with van der Waals surface area (Å²) in [5, 5.41) is 8.73. The fraction of sp³-hybridized carbons (Fsp3) is 0.452. The minimum absolute atomic E-state index is 0.00799. The molecule has 3 aromatic rings. The normalized spacial score (nSPS) is 22.6. The summed E-state index contributed by atoms with van der Waals surface area (Å²) in [5.74, 6) is -0.646. The maximum atomic E-state index is 14.1. The lowest BCUT2D eigenvalue weighted by Gasteiger charge is -2.39. The molecule has 3 aliphatic rings. The summed E-state index contributed by atoms with van der Waals surface area (Å²) in [6.07, 6.45) is 1.25. The smallest absolute Gasteiger partial charge is 0.416 e. The molecule has 0 N–H and O–H groups in total. The molecule has 44 heavy (non-hydrogen) atoms. The van der Waals surface area contributed by atoms with Crippen LogP contribution in [0.25, 0.3) is 0 Å². The van der Waals surface area contributed by atoms with Crippen LogP contribution in [0.3, 0.4) is 0 Å². The van der Waals surface area contributed by atoms with Crippen molar-refractivity contribution in [3.8, 4) is 0 Å². The summed E-state index contributed by atoms with van der Waals surface area (Å²) < 4.78 is 47.3. The van der Waals surface area contributed by atoms with Crippen molar-refractivity contribution in [2.45, 2.75) is 64.8 Å². The summed E-state index contributed by atoms with van der Waals surface area (Å²) in [6, 6.07) is 6.30. The summed E-state index contributed by atoms with van der Waals surface area (Å²) in [5.41, 5.74) is 1.48. The van der Waals surface area contributed by atoms with Crippen LogP contribution in [-0.2, 0) is 22.3 Å². The van der Waals surface area contributed by atoms with Gasteiger partial charge in [-0.1, -0.05) is 18.2 Å². The van der Waals surface area contributed by atoms with E-state index in [9.17, 15) is 22.8 Å². The third-order valence-electron chi connectivity index (χ3n) is 8.61. The second kappa shape index (κ2) is 11.3. The molecule has 10 nitrogen and oxygen atoms in total. The van der Waals surface area contributed by atoms with E-state index in [0.717, 1.165) is 47.7 Å². The van der Waals surface area contributed by atoms with Gasteiger partial charge in [0.2, 0.25) is 23.6 Å². The molecular weight excluding hydrogens is 575 g/mol. The van der Waals surface area contributed by atoms with Crippen molar-refractivity contribution in [2.75, 3.05) is 34.8 Å². The Kier molecular flexibility index (Phi) is 7.58. The highest BCUT2D eigenvalue weighted by Crippen LogP contribution is 2.42. The third kappa shape index (κ3) is 5.28. The first-order chi connectivity index (χ1) is 21.0. The standard InChI is InChI=1S/C31H34F3N7O3/c1-5-11-39-12-7-10-23(39)29-37-36-25(44-29)17-40-16-20-14-26(42)41(24-15-21(31(32,33)34)13-19(3)35-24)28(20)30(43)38(4)22-9-6-8-18(2)27(22)40/h5-6,8-9,11,13,15,20,23,28H,7,10,12,14,16-17H2,1-4H3/t20-,23-,28+/m1/s1. The Morgan fingerprint density at radius 1 is 1.14 bits per heavy atom. The molecule has 6 rings (SSSR count). The van der Waals surface area contributed by atoms with Gasteiger partial charge >= 0.3 is 6.18 Å². The van der Waals surface area contributed by atoms with Crippen molar-refractivity contribution in [1.82, 2.24) is 20.1 Å². The molecule has 5 heterocycles. The number of amides is 2. The average molecular weight is 610 g/mol. The number of aromatic nitrogens is 3. The molecule has 0 aliphatic carbocycles. The first-order valence-electron chi connectivity index (χ1n) is 14.7. The Bertz CT molecular complexity index is 1620. The number of allylic oxidation sites excluding steroid dienone is 1. The van der Waals surface area contributed by atoms with Gasteiger partial charge in [-0.05, 0) is 63.6 Å². The van der Waals surface area contributed by atoms with E-state index >= 15 is 0 Å². The number of pyridine rings is 1. The topological polar surface area (TPSA) is 98.9 Å². The van der Waals surface area contributed by atoms with Gasteiger partial charge in [0.15, 0.2) is 0 Å². The SMILES string of the molecule is CC=CN1CCC[C@@H]1c1nnc(CN2C[C@H]3CC(=O)N(c4cc(C(F)(F)F)cc(C)n4)[C@@H]3C(=O)N(C)c3cccc(C)c32)o1. The quantitative estimate of drug-likeness (QED) is 0.391. The van der Waals surface area contributed by atoms with Crippen molar-refractivity contribution in [3.63, 3.8) is 0 Å². The maximum Gasteiger partial charge on any atom is 0.416 e. The fourth-order valence-electron chi connectivity index (χ4n) is 6.70. The molecule has 232 valence electrons. The third-order valence-corrected chi connectivity index (χ3v) is 8.61. The molecule has 1 aromatic carbocycles. The van der Waals surface area contributed by atoms with Crippen molar-refractivity contribution in [2.24, 2.45) is 5.92 Å². The molecular formula is C31H34F3N7O3. The average Bonchev–Trinajstić information content (AvgIpc) is 3.69. The summed E-state index contributed by atoms with van der Waals surface area (Å²) in [6.45, 7) is 6.72. The Labute approximate surface area is 253 Å². The van der Waals surface area contributed by atoms with Gasteiger partial charge in [-0.25, -0.2) is 4.98 Å². The Morgan fingerprint density at radius 3 is 2.68 bits per heavy atom. The van der Waals surface area contributed by atoms with Crippen LogP contribution in [0.15, 0.2) is 47.0 Å². The number of rotatable bonds is 5. The van der Waals surface area contributed by atoms with Crippen LogP contribution in [0, 0.1) is 19.8 Å². The van der Waals surface area contributed by atoms with Gasteiger partial charge in [-0.15, -0.1) is 10.2 Å². The van der Waals surface area contributed by atoms with Crippen LogP contribution in [0.5, 0.6) is 0 Å². The number of nitrogens with zero attached hydrogens (tertiary/aromatic N) is 7. The minimum Gasteiger partial charge on any atom is -0.421 e. The number of hydrogen-bond donors (Lipinski definition) is 0. The van der Waals surface area contributed by atoms with Gasteiger partial charge in [-0.3, -0.25) is 14.5 Å². The predicted molar refractivity (Wildman–Crippen MR) is 157 cm³/mol. The number of fused-ring (bicyclic) bond motifs is 2. The minimum atomic E-state index is -4.63. The molecule has 2 amide bonds. The van der Waals surface area contributed by atoms with Gasteiger partial charge in [-0.2, -0.15) is 13.2 Å². The molecule has 2 aromatic heterocycles. The monoisotopic (exact) mass is 609 g/mol. The van der Waals surface area contributed by atoms with Crippen molar-refractivity contribution in [1.29, 1.82) is 0 Å². The highest BCUT2D eigenvalue weighted by Gasteiger charge is 2.49. The number of carbonyl (C=O) groups excluding carboxylic acids is 2. The van der Waals surface area contributed by atoms with Gasteiger partial charge in [0.25, 0.3) is 0 Å². The van der Waals surface area contributed by atoms with E-state index < -0.39 is 35.5 Å². The maximum absolute atomic E-state index is 14.1. The zero-order valence-electron chi connectivity index (χ0n) is 25.0. The Morgan fingerprint density at radius 2 is 1.93 bits per heavy atom. The lowest BCUT2D eigenvalue weighted by atomic mass is 9.95. The van der Waals surface area contributed by atoms with Gasteiger partial charge in [0.1, 0.15) is 17.9 Å². The van der Waals surface area contributed by atoms with Crippen molar-refractivity contribution < 1.29 is 27.2 Å². The van der Waals surface area contributed by atoms with E-state index in [0.29, 0.717) is 17.5 Å². The van der Waals surface area contributed by atoms with Crippen LogP contribution in [0.4, 0.5) is 30.4 Å². The predicted octanol–water partition coefficient (Wildman–Crippen LogP) is 5.18. The Hall–Kier alpha value is -4.42. The van der Waals surface area contributed by atoms with Crippen LogP contribution in [-0.4, -0.2) is 58.1 Å². The fourth-order valence-corrected chi connectivity index (χ4v) is 6.70. The molecule has 13 heteroatoms. The molecule has 3 atom stereocenters. The molecule has 0 radical (unpaired) electrons. The van der Waals surface area contributed by atoms with Crippen LogP contribution in [0.1, 0.15) is 60.8 Å². The zero-order valence-corrected chi connectivity index (χ0v) is 25.0. The number of likely N-dealkylation sites (N-methyl/N-ethyl adjacent to an activating group) is 1. The first-order valence-corrected chi connectivity index (χ1v) is 14.7. The number of halogens is 3. The zero-order chi connectivity index (χ0) is 31.3. The number of para-hydroxylation sites is 1. The van der Waals surface area contributed by atoms with Crippen LogP contribution in [0.2, 0.25) is 0 Å². The number of likely N-dealkylation sites (tertiary alicyclic amines) is 1. The van der Waals surface area contributed by atoms with E-state index in [2.05, 4.69) is 20.1 Å². The number of carbonyl (C=O) groups is 2. The molecule has 0 bridgehead atoms. The van der Waals surface area contributed by atoms with E-state index in [1.807, 2.05) is 49.2 Å². The second-order valence-electron chi connectivity index (χ2n) is 11.7. The molecule has 0 unspecified atom stereocenters. The summed E-state index contributed by atoms with van der Waals surface area (Å²) in [4.78, 5) is 38.7. The van der Waals surface area contributed by atoms with Crippen molar-refractivity contribution >= 4 is 29.0 Å². The number of hydrogen-bond acceptors (Lipinski definition) is 8. The van der Waals surface area contributed by atoms with E-state index in [1.54, 1.807) is 7.05 Å². The van der Waals surface area contributed by atoms with Crippen LogP contribution >= 0.6 is 0 Å². The lowest BCUT2D eigenvalue weighted by molar-refractivity contribution is -0.137. The molecule has 0 spiro atoms. The van der Waals surface area contributed by atoms with Crippen LogP contribution < -0.4 is 14.7 Å². The summed E-state index contributed by atoms with van der Waals surface area (Å²) >= 11 is 0. The van der Waals surface area contributed by atoms with Gasteiger partial charge in [0, 0.05) is 38.2 Å².